The normalized spacial score (nSPS) is 37.6. The Morgan fingerprint density at radius 1 is 0.933 bits per heavy atom. The van der Waals surface area contributed by atoms with Crippen molar-refractivity contribution in [1.29, 1.82) is 0 Å². The summed E-state index contributed by atoms with van der Waals surface area (Å²) in [6.45, 7) is 14.4. The topological polar surface area (TPSA) is 3.24 Å². The van der Waals surface area contributed by atoms with Crippen molar-refractivity contribution in [2.45, 2.75) is 78.4 Å². The summed E-state index contributed by atoms with van der Waals surface area (Å²) >= 11 is 0. The average Bonchev–Trinajstić information content (AvgIpc) is 2.56. The average molecular weight is 209 g/mol. The zero-order valence-corrected chi connectivity index (χ0v) is 11.3. The number of piperidine rings is 1. The first-order chi connectivity index (χ1) is 6.71. The Kier molecular flexibility index (Phi) is 2.46. The van der Waals surface area contributed by atoms with Gasteiger partial charge >= 0.3 is 0 Å². The molecule has 1 heterocycles. The van der Waals surface area contributed by atoms with Crippen LogP contribution in [-0.4, -0.2) is 22.5 Å². The van der Waals surface area contributed by atoms with Gasteiger partial charge < -0.3 is 0 Å². The van der Waals surface area contributed by atoms with E-state index in [0.29, 0.717) is 11.0 Å². The molecule has 0 radical (unpaired) electrons. The van der Waals surface area contributed by atoms with Crippen LogP contribution in [0.2, 0.25) is 0 Å². The predicted molar refractivity (Wildman–Crippen MR) is 66.0 cm³/mol. The molecule has 0 aromatic rings. The molecule has 3 unspecified atom stereocenters. The summed E-state index contributed by atoms with van der Waals surface area (Å²) in [5.41, 5.74) is 0.783. The van der Waals surface area contributed by atoms with E-state index in [1.807, 2.05) is 0 Å². The Hall–Kier alpha value is -0.0400. The highest BCUT2D eigenvalue weighted by molar-refractivity contribution is 5.07. The van der Waals surface area contributed by atoms with E-state index in [0.717, 1.165) is 18.0 Å². The van der Waals surface area contributed by atoms with Crippen molar-refractivity contribution >= 4 is 0 Å². The van der Waals surface area contributed by atoms with Crippen LogP contribution in [0, 0.1) is 11.3 Å². The fourth-order valence-corrected chi connectivity index (χ4v) is 4.07. The zero-order valence-electron chi connectivity index (χ0n) is 11.3. The van der Waals surface area contributed by atoms with Crippen LogP contribution in [0.25, 0.3) is 0 Å². The number of likely N-dealkylation sites (tertiary alicyclic amines) is 1. The smallest absolute Gasteiger partial charge is 0.0181 e. The molecule has 1 heteroatoms. The molecule has 2 aliphatic rings. The quantitative estimate of drug-likeness (QED) is 0.588. The van der Waals surface area contributed by atoms with Gasteiger partial charge in [0, 0.05) is 17.6 Å². The van der Waals surface area contributed by atoms with Gasteiger partial charge in [0.15, 0.2) is 0 Å². The lowest BCUT2D eigenvalue weighted by Crippen LogP contribution is -2.56. The van der Waals surface area contributed by atoms with Gasteiger partial charge in [0.1, 0.15) is 0 Å². The van der Waals surface area contributed by atoms with E-state index in [-0.39, 0.29) is 0 Å². The van der Waals surface area contributed by atoms with Crippen LogP contribution in [0.4, 0.5) is 0 Å². The molecule has 0 aromatic heterocycles. The summed E-state index contributed by atoms with van der Waals surface area (Å²) in [4.78, 5) is 2.82. The Morgan fingerprint density at radius 2 is 1.53 bits per heavy atom. The molecule has 3 atom stereocenters. The number of nitrogens with zero attached hydrogens (tertiary/aromatic N) is 1. The summed E-state index contributed by atoms with van der Waals surface area (Å²) in [7, 11) is 0. The first-order valence-electron chi connectivity index (χ1n) is 6.50. The Labute approximate surface area is 95.2 Å². The minimum absolute atomic E-state index is 0.345. The van der Waals surface area contributed by atoms with Crippen LogP contribution < -0.4 is 0 Å². The van der Waals surface area contributed by atoms with Gasteiger partial charge in [0.25, 0.3) is 0 Å². The zero-order chi connectivity index (χ0) is 11.4. The first-order valence-corrected chi connectivity index (χ1v) is 6.50. The first kappa shape index (κ1) is 11.4. The SMILES string of the molecule is CC(C)(C)C1C2CCC(C2)N1C(C)(C)C. The summed E-state index contributed by atoms with van der Waals surface area (Å²) in [6, 6.07) is 1.68. The van der Waals surface area contributed by atoms with Crippen LogP contribution >= 0.6 is 0 Å². The third-order valence-corrected chi connectivity index (χ3v) is 4.25. The third kappa shape index (κ3) is 1.84. The molecule has 0 spiro atoms. The molecular formula is C14H27N. The van der Waals surface area contributed by atoms with Crippen LogP contribution in [-0.2, 0) is 0 Å². The Balaban J connectivity index is 2.28. The minimum Gasteiger partial charge on any atom is -0.292 e. The van der Waals surface area contributed by atoms with Crippen molar-refractivity contribution in [2.75, 3.05) is 0 Å². The maximum atomic E-state index is 2.82. The van der Waals surface area contributed by atoms with E-state index < -0.39 is 0 Å². The molecule has 1 aliphatic heterocycles. The molecule has 0 amide bonds. The van der Waals surface area contributed by atoms with E-state index in [1.165, 1.54) is 19.3 Å². The largest absolute Gasteiger partial charge is 0.292 e. The van der Waals surface area contributed by atoms with E-state index in [4.69, 9.17) is 0 Å². The summed E-state index contributed by atoms with van der Waals surface area (Å²) < 4.78 is 0. The third-order valence-electron chi connectivity index (χ3n) is 4.25. The van der Waals surface area contributed by atoms with Crippen molar-refractivity contribution in [2.24, 2.45) is 11.3 Å². The second-order valence-electron chi connectivity index (χ2n) is 7.62. The Bertz CT molecular complexity index is 217. The highest BCUT2D eigenvalue weighted by Crippen LogP contribution is 2.51. The van der Waals surface area contributed by atoms with Crippen molar-refractivity contribution < 1.29 is 0 Å². The molecule has 0 N–H and O–H groups in total. The maximum absolute atomic E-state index is 2.82. The minimum atomic E-state index is 0.345. The van der Waals surface area contributed by atoms with Crippen molar-refractivity contribution in [3.8, 4) is 0 Å². The van der Waals surface area contributed by atoms with Crippen LogP contribution in [0.15, 0.2) is 0 Å². The van der Waals surface area contributed by atoms with E-state index in [9.17, 15) is 0 Å². The molecule has 1 saturated heterocycles. The molecule has 2 rings (SSSR count). The van der Waals surface area contributed by atoms with Gasteiger partial charge in [0.2, 0.25) is 0 Å². The molecule has 2 fully saturated rings. The number of hydrogen-bond donors (Lipinski definition) is 0. The Morgan fingerprint density at radius 3 is 1.93 bits per heavy atom. The van der Waals surface area contributed by atoms with E-state index >= 15 is 0 Å². The molecule has 1 saturated carbocycles. The van der Waals surface area contributed by atoms with Gasteiger partial charge in [-0.2, -0.15) is 0 Å². The van der Waals surface area contributed by atoms with Gasteiger partial charge in [-0.05, 0) is 51.4 Å². The lowest BCUT2D eigenvalue weighted by atomic mass is 9.77. The van der Waals surface area contributed by atoms with Gasteiger partial charge in [-0.1, -0.05) is 20.8 Å². The van der Waals surface area contributed by atoms with Gasteiger partial charge in [-0.25, -0.2) is 0 Å². The molecule has 2 bridgehead atoms. The standard InChI is InChI=1S/C14H27N/c1-13(2,3)12-10-7-8-11(9-10)15(12)14(4,5)6/h10-12H,7-9H2,1-6H3. The second kappa shape index (κ2) is 3.23. The molecule has 88 valence electrons. The summed E-state index contributed by atoms with van der Waals surface area (Å²) in [5, 5.41) is 0. The van der Waals surface area contributed by atoms with Crippen LogP contribution in [0.5, 0.6) is 0 Å². The molecule has 0 aromatic carbocycles. The second-order valence-corrected chi connectivity index (χ2v) is 7.62. The molecular weight excluding hydrogens is 182 g/mol. The number of fused-ring (bicyclic) bond motifs is 2. The van der Waals surface area contributed by atoms with E-state index in [2.05, 4.69) is 46.4 Å². The monoisotopic (exact) mass is 209 g/mol. The van der Waals surface area contributed by atoms with Crippen LogP contribution in [0.1, 0.15) is 60.8 Å². The van der Waals surface area contributed by atoms with E-state index in [1.54, 1.807) is 0 Å². The molecule has 1 nitrogen and oxygen atoms in total. The van der Waals surface area contributed by atoms with Crippen molar-refractivity contribution in [1.82, 2.24) is 4.90 Å². The molecule has 1 aliphatic carbocycles. The summed E-state index contributed by atoms with van der Waals surface area (Å²) in [5.74, 6) is 0.967. The predicted octanol–water partition coefficient (Wildman–Crippen LogP) is 3.68. The lowest BCUT2D eigenvalue weighted by Gasteiger charge is -2.49. The summed E-state index contributed by atoms with van der Waals surface area (Å²) in [6.07, 6.45) is 4.37. The van der Waals surface area contributed by atoms with Gasteiger partial charge in [-0.3, -0.25) is 4.90 Å². The number of hydrogen-bond acceptors (Lipinski definition) is 1. The lowest BCUT2D eigenvalue weighted by molar-refractivity contribution is -0.0101. The van der Waals surface area contributed by atoms with Crippen molar-refractivity contribution in [3.05, 3.63) is 0 Å². The fraction of sp³-hybridized carbons (Fsp3) is 1.00. The van der Waals surface area contributed by atoms with Gasteiger partial charge in [0.05, 0.1) is 0 Å². The van der Waals surface area contributed by atoms with Crippen molar-refractivity contribution in [3.63, 3.8) is 0 Å². The molecule has 15 heavy (non-hydrogen) atoms. The maximum Gasteiger partial charge on any atom is 0.0181 e. The van der Waals surface area contributed by atoms with Gasteiger partial charge in [-0.15, -0.1) is 0 Å². The highest BCUT2D eigenvalue weighted by Gasteiger charge is 2.53. The number of rotatable bonds is 0. The highest BCUT2D eigenvalue weighted by atomic mass is 15.3. The van der Waals surface area contributed by atoms with Crippen LogP contribution in [0.3, 0.4) is 0 Å². The fourth-order valence-electron chi connectivity index (χ4n) is 4.07.